The lowest BCUT2D eigenvalue weighted by atomic mass is 9.87. The fourth-order valence-electron chi connectivity index (χ4n) is 9.76. The van der Waals surface area contributed by atoms with Gasteiger partial charge >= 0.3 is 0 Å². The molecular weight excluding hydrogens is 860 g/mol. The van der Waals surface area contributed by atoms with Crippen LogP contribution in [-0.4, -0.2) is 96.1 Å². The molecule has 0 saturated carbocycles. The topological polar surface area (TPSA) is 129 Å². The minimum Gasteiger partial charge on any atom is -0.495 e. The number of carbonyl (C=O) groups is 3. The first kappa shape index (κ1) is 45.9. The third-order valence-corrected chi connectivity index (χ3v) is 13.6. The number of methoxy groups -OCH3 is 1. The summed E-state index contributed by atoms with van der Waals surface area (Å²) in [6, 6.07) is 32.8. The van der Waals surface area contributed by atoms with Crippen molar-refractivity contribution >= 4 is 23.4 Å². The molecule has 1 saturated heterocycles. The van der Waals surface area contributed by atoms with E-state index in [4.69, 9.17) is 14.2 Å². The fourth-order valence-corrected chi connectivity index (χ4v) is 9.76. The third-order valence-electron chi connectivity index (χ3n) is 13.6. The second-order valence-corrected chi connectivity index (χ2v) is 17.8. The molecule has 13 heteroatoms. The molecule has 1 N–H and O–H groups in total. The number of amides is 3. The Morgan fingerprint density at radius 1 is 0.882 bits per heavy atom. The smallest absolute Gasteiger partial charge is 0.258 e. The number of ether oxygens (including phenoxy) is 3. The molecule has 5 aromatic carbocycles. The lowest BCUT2D eigenvalue weighted by molar-refractivity contribution is -0.131. The molecule has 1 atom stereocenters. The molecule has 3 amide bonds. The van der Waals surface area contributed by atoms with Crippen LogP contribution in [0.15, 0.2) is 103 Å². The van der Waals surface area contributed by atoms with Crippen molar-refractivity contribution in [1.29, 1.82) is 5.26 Å². The van der Waals surface area contributed by atoms with Crippen molar-refractivity contribution in [2.45, 2.75) is 52.2 Å². The minimum atomic E-state index is -0.438. The van der Waals surface area contributed by atoms with Gasteiger partial charge in [-0.1, -0.05) is 42.5 Å². The summed E-state index contributed by atoms with van der Waals surface area (Å²) in [5, 5.41) is 13.2. The van der Waals surface area contributed by atoms with Crippen LogP contribution < -0.4 is 14.8 Å². The van der Waals surface area contributed by atoms with Gasteiger partial charge in [0.25, 0.3) is 11.8 Å². The summed E-state index contributed by atoms with van der Waals surface area (Å²) in [4.78, 5) is 50.1. The molecule has 0 unspecified atom stereocenters. The first-order valence-electron chi connectivity index (χ1n) is 23.2. The Balaban J connectivity index is 1.09. The second kappa shape index (κ2) is 19.9. The number of nitrogens with one attached hydrogen (secondary N) is 1. The number of hydrogen-bond donors (Lipinski definition) is 1. The normalized spacial score (nSPS) is 15.8. The van der Waals surface area contributed by atoms with Crippen LogP contribution in [0.1, 0.15) is 66.7 Å². The van der Waals surface area contributed by atoms with Crippen molar-refractivity contribution in [2.24, 2.45) is 7.05 Å². The Kier molecular flexibility index (Phi) is 13.4. The van der Waals surface area contributed by atoms with Gasteiger partial charge < -0.3 is 33.9 Å². The molecule has 348 valence electrons. The average Bonchev–Trinajstić information content (AvgIpc) is 3.63. The van der Waals surface area contributed by atoms with Crippen LogP contribution >= 0.6 is 0 Å². The third kappa shape index (κ3) is 9.47. The van der Waals surface area contributed by atoms with Crippen molar-refractivity contribution < 1.29 is 33.0 Å². The van der Waals surface area contributed by atoms with E-state index in [0.29, 0.717) is 89.7 Å². The summed E-state index contributed by atoms with van der Waals surface area (Å²) in [7, 11) is 3.37. The van der Waals surface area contributed by atoms with E-state index < -0.39 is 11.7 Å². The highest BCUT2D eigenvalue weighted by atomic mass is 19.1. The summed E-state index contributed by atoms with van der Waals surface area (Å²) in [6.45, 7) is 9.84. The molecular formula is C55H55FN6O6. The number of anilines is 1. The Hall–Kier alpha value is -7.27. The van der Waals surface area contributed by atoms with Crippen molar-refractivity contribution in [2.75, 3.05) is 58.4 Å². The maximum absolute atomic E-state index is 15.4. The fraction of sp³-hybridized carbons (Fsp3) is 0.309. The van der Waals surface area contributed by atoms with Crippen molar-refractivity contribution in [1.82, 2.24) is 19.3 Å². The highest BCUT2D eigenvalue weighted by molar-refractivity contribution is 6.13. The second-order valence-electron chi connectivity index (χ2n) is 17.8. The molecule has 4 heterocycles. The van der Waals surface area contributed by atoms with E-state index in [1.807, 2.05) is 76.9 Å². The van der Waals surface area contributed by atoms with Crippen molar-refractivity contribution in [3.05, 3.63) is 159 Å². The number of nitrogens with zero attached hydrogens (tertiary/aromatic N) is 5. The van der Waals surface area contributed by atoms with Crippen molar-refractivity contribution in [3.63, 3.8) is 0 Å². The molecule has 6 aromatic rings. The molecule has 0 spiro atoms. The summed E-state index contributed by atoms with van der Waals surface area (Å²) in [5.41, 5.74) is 9.46. The average molecular weight is 915 g/mol. The molecule has 1 fully saturated rings. The minimum absolute atomic E-state index is 0.0141. The highest BCUT2D eigenvalue weighted by Gasteiger charge is 2.34. The van der Waals surface area contributed by atoms with Crippen LogP contribution in [0.4, 0.5) is 10.1 Å². The molecule has 3 aliphatic rings. The molecule has 68 heavy (non-hydrogen) atoms. The molecule has 0 aliphatic carbocycles. The number of fused-ring (bicyclic) bond motifs is 2. The van der Waals surface area contributed by atoms with Gasteiger partial charge in [0.15, 0.2) is 0 Å². The number of hydrogen-bond acceptors (Lipinski definition) is 8. The molecule has 12 nitrogen and oxygen atoms in total. The van der Waals surface area contributed by atoms with Gasteiger partial charge in [0.05, 0.1) is 43.6 Å². The van der Waals surface area contributed by atoms with Crippen LogP contribution in [0.25, 0.3) is 22.4 Å². The summed E-state index contributed by atoms with van der Waals surface area (Å²) < 4.78 is 32.9. The first-order chi connectivity index (χ1) is 33.0. The van der Waals surface area contributed by atoms with Gasteiger partial charge in [0.1, 0.15) is 30.0 Å². The van der Waals surface area contributed by atoms with Crippen LogP contribution in [0.3, 0.4) is 0 Å². The number of morpholine rings is 1. The number of aromatic nitrogens is 1. The SMILES string of the molecule is COc1ccc(-c2c(C(=O)Nc3ccc(F)cc3)c(C)n(C)c2-c2cc3c(cc2C(=O)N2Cc4ccccc4C[C@H]2C)CN(C(=O)Cc2ccc(OCCN4CCOCC4)cc2)CC3)cc1C#N. The van der Waals surface area contributed by atoms with Gasteiger partial charge in [0, 0.05) is 80.4 Å². The van der Waals surface area contributed by atoms with E-state index in [0.717, 1.165) is 60.9 Å². The number of nitriles is 1. The maximum Gasteiger partial charge on any atom is 0.258 e. The van der Waals surface area contributed by atoms with E-state index in [9.17, 15) is 19.2 Å². The molecule has 0 bridgehead atoms. The predicted molar refractivity (Wildman–Crippen MR) is 258 cm³/mol. The zero-order chi connectivity index (χ0) is 47.5. The van der Waals surface area contributed by atoms with E-state index in [2.05, 4.69) is 41.4 Å². The summed E-state index contributed by atoms with van der Waals surface area (Å²) in [6.07, 6.45) is 1.46. The number of halogens is 1. The van der Waals surface area contributed by atoms with Crippen LogP contribution in [-0.2, 0) is 48.9 Å². The van der Waals surface area contributed by atoms with Gasteiger partial charge in [-0.15, -0.1) is 0 Å². The first-order valence-corrected chi connectivity index (χ1v) is 23.2. The number of rotatable bonds is 12. The monoisotopic (exact) mass is 914 g/mol. The van der Waals surface area contributed by atoms with Crippen LogP contribution in [0.5, 0.6) is 11.5 Å². The molecule has 1 aromatic heterocycles. The van der Waals surface area contributed by atoms with Gasteiger partial charge in [-0.25, -0.2) is 4.39 Å². The molecule has 3 aliphatic heterocycles. The quantitative estimate of drug-likeness (QED) is 0.130. The number of benzene rings is 5. The van der Waals surface area contributed by atoms with Crippen LogP contribution in [0.2, 0.25) is 0 Å². The predicted octanol–water partition coefficient (Wildman–Crippen LogP) is 8.36. The highest BCUT2D eigenvalue weighted by Crippen LogP contribution is 2.44. The summed E-state index contributed by atoms with van der Waals surface area (Å²) in [5.74, 6) is 0.0872. The Morgan fingerprint density at radius 3 is 2.37 bits per heavy atom. The van der Waals surface area contributed by atoms with E-state index in [1.165, 1.54) is 36.9 Å². The Bertz CT molecular complexity index is 2920. The molecule has 9 rings (SSSR count). The molecule has 0 radical (unpaired) electrons. The van der Waals surface area contributed by atoms with Gasteiger partial charge in [0.2, 0.25) is 5.91 Å². The zero-order valence-electron chi connectivity index (χ0n) is 38.9. The maximum atomic E-state index is 15.4. The van der Waals surface area contributed by atoms with Crippen molar-refractivity contribution in [3.8, 4) is 40.0 Å². The Morgan fingerprint density at radius 2 is 1.63 bits per heavy atom. The van der Waals surface area contributed by atoms with E-state index >= 15 is 4.79 Å². The standard InChI is InChI=1S/C55H55FN6O6/c1-35-27-38-7-5-6-8-41(38)34-62(35)55(65)48-31-43-33-61(50(63)28-37-9-16-46(17-10-37)68-26-23-60-21-24-67-25-22-60)20-19-39(43)30-47(48)53-52(40-11-18-49(66-4)42(29-40)32-57)51(36(2)59(53)3)54(64)58-45-14-12-44(56)13-15-45/h5-18,29-31,35H,19-28,33-34H2,1-4H3,(H,58,64)/t35-/m1/s1. The summed E-state index contributed by atoms with van der Waals surface area (Å²) >= 11 is 0. The lowest BCUT2D eigenvalue weighted by Gasteiger charge is -2.36. The zero-order valence-corrected chi connectivity index (χ0v) is 38.9. The number of carbonyl (C=O) groups excluding carboxylic acids is 3. The Labute approximate surface area is 396 Å². The van der Waals surface area contributed by atoms with Crippen LogP contribution in [0, 0.1) is 24.1 Å². The van der Waals surface area contributed by atoms with Gasteiger partial charge in [-0.05, 0) is 121 Å². The lowest BCUT2D eigenvalue weighted by Crippen LogP contribution is -2.43. The van der Waals surface area contributed by atoms with E-state index in [-0.39, 0.29) is 29.8 Å². The largest absolute Gasteiger partial charge is 0.495 e. The van der Waals surface area contributed by atoms with Gasteiger partial charge in [-0.3, -0.25) is 19.3 Å². The van der Waals surface area contributed by atoms with Gasteiger partial charge in [-0.2, -0.15) is 5.26 Å². The van der Waals surface area contributed by atoms with E-state index in [1.54, 1.807) is 12.1 Å².